The van der Waals surface area contributed by atoms with E-state index >= 15 is 4.57 Å². The highest BCUT2D eigenvalue weighted by molar-refractivity contribution is 7.51. The SMILES string of the molecule is COc1ccc(C(OC[C@H]2O[C@@H](n3cnc4c(N)ncnc43)C[C@@H]2OP(=O)(NCCc2cccs2)OC[C@H]2O[C@@H](n3cnc4c(N)ncnc43)[C@H](OC)[C@@H]2O)(c2ccccc2)c2ccc(OC)cc2)cc1. The van der Waals surface area contributed by atoms with Crippen molar-refractivity contribution in [2.24, 2.45) is 0 Å². The van der Waals surface area contributed by atoms with Crippen LogP contribution in [0, 0.1) is 0 Å². The number of anilines is 2. The standard InChI is InChI=1S/C48H52N11O10PS/c1-62-32-15-11-30(12-16-32)48(29-8-5-4-6-9-29,31-13-17-33(63-2)18-14-31)65-23-36-35(22-38(67-36)58-27-55-39-43(49)51-25-53-45(39)58)69-70(61,57-20-19-34-10-7-21-71-34)66-24-37-41(60)42(64-3)47(68-37)59-28-56-40-44(50)52-26-54-46(40)59/h4-18,21,25-28,35-38,41-42,47,60H,19-20,22-24H2,1-3H3,(H,57,61)(H2,49,51,53)(H2,50,52,54)/t35-,36+,37+,38+,41+,42+,47+,70?/m0/s1. The Morgan fingerprint density at radius 1 is 0.761 bits per heavy atom. The fourth-order valence-electron chi connectivity index (χ4n) is 9.12. The van der Waals surface area contributed by atoms with Gasteiger partial charge in [0.25, 0.3) is 0 Å². The Kier molecular flexibility index (Phi) is 14.1. The van der Waals surface area contributed by atoms with E-state index in [4.69, 9.17) is 48.9 Å². The molecule has 0 aliphatic carbocycles. The van der Waals surface area contributed by atoms with E-state index in [9.17, 15) is 5.11 Å². The summed E-state index contributed by atoms with van der Waals surface area (Å²) in [5, 5.41) is 16.7. The third-order valence-corrected chi connectivity index (χ3v) is 15.3. The van der Waals surface area contributed by atoms with Crippen LogP contribution >= 0.6 is 19.1 Å². The molecular formula is C48H52N11O10PS. The highest BCUT2D eigenvalue weighted by Gasteiger charge is 2.49. The number of hydrogen-bond donors (Lipinski definition) is 4. The van der Waals surface area contributed by atoms with Gasteiger partial charge in [0.15, 0.2) is 29.2 Å². The lowest BCUT2D eigenvalue weighted by Crippen LogP contribution is -2.39. The fraction of sp³-hybridized carbons (Fsp3) is 0.333. The Balaban J connectivity index is 0.992. The van der Waals surface area contributed by atoms with Gasteiger partial charge in [-0.05, 0) is 58.8 Å². The van der Waals surface area contributed by atoms with Crippen molar-refractivity contribution in [3.05, 3.63) is 143 Å². The molecule has 3 aromatic carbocycles. The smallest absolute Gasteiger partial charge is 0.405 e. The highest BCUT2D eigenvalue weighted by Crippen LogP contribution is 2.51. The molecule has 2 aliphatic heterocycles. The van der Waals surface area contributed by atoms with Crippen LogP contribution in [0.2, 0.25) is 0 Å². The molecule has 2 aliphatic rings. The molecule has 1 unspecified atom stereocenters. The minimum absolute atomic E-state index is 0.0956. The number of hydrogen-bond acceptors (Lipinski definition) is 19. The predicted octanol–water partition coefficient (Wildman–Crippen LogP) is 5.82. The van der Waals surface area contributed by atoms with Crippen molar-refractivity contribution in [3.63, 3.8) is 0 Å². The molecule has 2 saturated heterocycles. The quantitative estimate of drug-likeness (QED) is 0.0518. The van der Waals surface area contributed by atoms with Crippen molar-refractivity contribution < 1.29 is 47.1 Å². The number of rotatable bonds is 20. The second-order valence-electron chi connectivity index (χ2n) is 16.8. The van der Waals surface area contributed by atoms with Crippen LogP contribution in [0.4, 0.5) is 11.6 Å². The molecule has 0 bridgehead atoms. The van der Waals surface area contributed by atoms with Crippen LogP contribution in [0.3, 0.4) is 0 Å². The molecule has 0 amide bonds. The number of aromatic nitrogens is 8. The lowest BCUT2D eigenvalue weighted by atomic mass is 9.80. The molecule has 23 heteroatoms. The van der Waals surface area contributed by atoms with E-state index in [0.29, 0.717) is 40.2 Å². The summed E-state index contributed by atoms with van der Waals surface area (Å²) < 4.78 is 69.4. The number of aliphatic hydroxyl groups excluding tert-OH is 1. The third kappa shape index (κ3) is 9.58. The first kappa shape index (κ1) is 48.2. The van der Waals surface area contributed by atoms with Crippen LogP contribution in [0.1, 0.15) is 40.4 Å². The van der Waals surface area contributed by atoms with E-state index < -0.39 is 56.3 Å². The van der Waals surface area contributed by atoms with E-state index in [-0.39, 0.29) is 37.8 Å². The Bertz CT molecular complexity index is 3050. The molecule has 10 rings (SSSR count). The number of nitrogen functional groups attached to an aromatic ring is 2. The molecule has 21 nitrogen and oxygen atoms in total. The average Bonchev–Trinajstić information content (AvgIpc) is 4.26. The van der Waals surface area contributed by atoms with Crippen molar-refractivity contribution in [1.82, 2.24) is 44.1 Å². The summed E-state index contributed by atoms with van der Waals surface area (Å²) in [7, 11) is 0.340. The summed E-state index contributed by atoms with van der Waals surface area (Å²) in [4.78, 5) is 26.9. The van der Waals surface area contributed by atoms with Crippen molar-refractivity contribution in [1.29, 1.82) is 0 Å². The van der Waals surface area contributed by atoms with Crippen LogP contribution < -0.4 is 26.0 Å². The van der Waals surface area contributed by atoms with Gasteiger partial charge in [-0.25, -0.2) is 39.6 Å². The van der Waals surface area contributed by atoms with Crippen LogP contribution in [0.25, 0.3) is 22.3 Å². The zero-order valence-corrected chi connectivity index (χ0v) is 40.5. The average molecular weight is 1010 g/mol. The van der Waals surface area contributed by atoms with Gasteiger partial charge < -0.3 is 45.0 Å². The normalized spacial score (nSPS) is 22.3. The summed E-state index contributed by atoms with van der Waals surface area (Å²) >= 11 is 1.57. The van der Waals surface area contributed by atoms with Gasteiger partial charge in [-0.3, -0.25) is 18.2 Å². The van der Waals surface area contributed by atoms with Crippen LogP contribution in [-0.4, -0.2) is 116 Å². The third-order valence-electron chi connectivity index (χ3n) is 12.7. The Morgan fingerprint density at radius 2 is 1.38 bits per heavy atom. The molecule has 2 fully saturated rings. The van der Waals surface area contributed by atoms with Crippen LogP contribution in [0.15, 0.2) is 122 Å². The van der Waals surface area contributed by atoms with Crippen molar-refractivity contribution in [2.45, 2.75) is 61.4 Å². The summed E-state index contributed by atoms with van der Waals surface area (Å²) in [6.07, 6.45) is -0.325. The number of nitrogens with two attached hydrogens (primary N) is 2. The molecule has 7 heterocycles. The number of methoxy groups -OCH3 is 3. The number of imidazole rings is 2. The van der Waals surface area contributed by atoms with Gasteiger partial charge in [0.1, 0.15) is 77.5 Å². The minimum atomic E-state index is -4.34. The van der Waals surface area contributed by atoms with Crippen molar-refractivity contribution in [2.75, 3.05) is 52.6 Å². The molecule has 6 N–H and O–H groups in total. The number of benzene rings is 3. The number of fused-ring (bicyclic) bond motifs is 2. The lowest BCUT2D eigenvalue weighted by Gasteiger charge is -2.37. The lowest BCUT2D eigenvalue weighted by molar-refractivity contribution is -0.0924. The molecule has 8 aromatic rings. The second kappa shape index (κ2) is 20.7. The molecule has 370 valence electrons. The molecule has 0 radical (unpaired) electrons. The molecule has 0 saturated carbocycles. The van der Waals surface area contributed by atoms with Gasteiger partial charge in [-0.1, -0.05) is 60.7 Å². The van der Waals surface area contributed by atoms with E-state index in [1.54, 1.807) is 41.0 Å². The van der Waals surface area contributed by atoms with E-state index in [1.807, 2.05) is 96.4 Å². The van der Waals surface area contributed by atoms with Gasteiger partial charge in [-0.15, -0.1) is 11.3 Å². The van der Waals surface area contributed by atoms with Gasteiger partial charge in [0.05, 0.1) is 40.1 Å². The molecular weight excluding hydrogens is 954 g/mol. The van der Waals surface area contributed by atoms with Gasteiger partial charge in [0.2, 0.25) is 0 Å². The maximum absolute atomic E-state index is 15.5. The first-order chi connectivity index (χ1) is 34.6. The maximum Gasteiger partial charge on any atom is 0.405 e. The number of nitrogens with zero attached hydrogens (tertiary/aromatic N) is 8. The first-order valence-electron chi connectivity index (χ1n) is 22.7. The summed E-state index contributed by atoms with van der Waals surface area (Å²) in [5.74, 6) is 1.71. The predicted molar refractivity (Wildman–Crippen MR) is 261 cm³/mol. The Labute approximate surface area is 411 Å². The van der Waals surface area contributed by atoms with E-state index in [2.05, 4.69) is 35.0 Å². The Hall–Kier alpha value is -6.43. The second-order valence-corrected chi connectivity index (χ2v) is 19.6. The van der Waals surface area contributed by atoms with Crippen molar-refractivity contribution >= 4 is 53.0 Å². The molecule has 8 atom stereocenters. The monoisotopic (exact) mass is 1010 g/mol. The molecule has 0 spiro atoms. The highest BCUT2D eigenvalue weighted by atomic mass is 32.1. The number of nitrogens with one attached hydrogen (secondary N) is 1. The molecule has 71 heavy (non-hydrogen) atoms. The zero-order valence-electron chi connectivity index (χ0n) is 38.8. The fourth-order valence-corrected chi connectivity index (χ4v) is 11.4. The largest absolute Gasteiger partial charge is 0.497 e. The van der Waals surface area contributed by atoms with Crippen LogP contribution in [-0.2, 0) is 44.6 Å². The zero-order chi connectivity index (χ0) is 49.1. The molecule has 5 aromatic heterocycles. The summed E-state index contributed by atoms with van der Waals surface area (Å²) in [6, 6.07) is 29.1. The summed E-state index contributed by atoms with van der Waals surface area (Å²) in [5.41, 5.74) is 15.0. The van der Waals surface area contributed by atoms with E-state index in [1.165, 1.54) is 26.1 Å². The maximum atomic E-state index is 15.5. The number of thiophene rings is 1. The first-order valence-corrected chi connectivity index (χ1v) is 25.1. The van der Waals surface area contributed by atoms with Crippen molar-refractivity contribution in [3.8, 4) is 11.5 Å². The van der Waals surface area contributed by atoms with Crippen LogP contribution in [0.5, 0.6) is 11.5 Å². The number of ether oxygens (including phenoxy) is 6. The van der Waals surface area contributed by atoms with E-state index in [0.717, 1.165) is 21.6 Å². The van der Waals surface area contributed by atoms with Gasteiger partial charge in [-0.2, -0.15) is 0 Å². The number of aliphatic hydroxyl groups is 1. The minimum Gasteiger partial charge on any atom is -0.497 e. The topological polar surface area (TPSA) is 262 Å². The Morgan fingerprint density at radius 3 is 1.99 bits per heavy atom. The summed E-state index contributed by atoms with van der Waals surface area (Å²) in [6.45, 7) is -0.261. The van der Waals surface area contributed by atoms with Gasteiger partial charge >= 0.3 is 7.75 Å². The van der Waals surface area contributed by atoms with Gasteiger partial charge in [0, 0.05) is 25.0 Å².